The number of halogens is 3. The van der Waals surface area contributed by atoms with Gasteiger partial charge in [0.05, 0.1) is 12.9 Å². The number of imidazole rings is 1. The Labute approximate surface area is 231 Å². The lowest BCUT2D eigenvalue weighted by molar-refractivity contribution is -0.192. The minimum atomic E-state index is -5.08. The van der Waals surface area contributed by atoms with Gasteiger partial charge in [0.15, 0.2) is 5.03 Å². The maximum atomic E-state index is 12.6. The number of fused-ring (bicyclic) bond motifs is 1. The zero-order valence-electron chi connectivity index (χ0n) is 22.0. The number of benzene rings is 2. The van der Waals surface area contributed by atoms with Gasteiger partial charge in [-0.2, -0.15) is 13.2 Å². The van der Waals surface area contributed by atoms with Crippen molar-refractivity contribution in [1.29, 1.82) is 0 Å². The molecule has 0 amide bonds. The molecule has 1 aromatic heterocycles. The summed E-state index contributed by atoms with van der Waals surface area (Å²) in [6.07, 6.45) is 4.07. The van der Waals surface area contributed by atoms with Crippen molar-refractivity contribution in [3.05, 3.63) is 77.7 Å². The van der Waals surface area contributed by atoms with E-state index >= 15 is 0 Å². The zero-order chi connectivity index (χ0) is 28.9. The number of hydrogen-bond acceptors (Lipinski definition) is 5. The SMILES string of the molecule is Cn1cnc(S(=O)(=O)NCc2ccc3c(c2)C(Cc2ccccc2)C(CCC2CC2)CO3)c1.O=C(O)C(F)(F)F. The standard InChI is InChI=1S/C26H31N3O3S.C2HF3O2/c1-29-16-26(27-18-29)33(30,31)28-15-21-10-12-25-24(14-21)23(13-20-5-3-2-4-6-20)22(17-32-25)11-9-19-7-8-19;3-2(4,5)1(6)7/h2-6,10,12,14,16,18-19,22-23,28H,7-9,11,13,15,17H2,1H3;(H,6,7). The number of aromatic nitrogens is 2. The molecule has 12 heteroatoms. The van der Waals surface area contributed by atoms with Crippen LogP contribution in [0.25, 0.3) is 0 Å². The maximum Gasteiger partial charge on any atom is 0.490 e. The van der Waals surface area contributed by atoms with Crippen LogP contribution in [0.1, 0.15) is 48.3 Å². The van der Waals surface area contributed by atoms with Crippen LogP contribution in [-0.2, 0) is 34.8 Å². The fraction of sp³-hybridized carbons (Fsp3) is 0.429. The molecule has 0 saturated heterocycles. The average Bonchev–Trinajstić information content (AvgIpc) is 3.64. The van der Waals surface area contributed by atoms with E-state index in [1.165, 1.54) is 49.3 Å². The molecule has 2 heterocycles. The topological polar surface area (TPSA) is 111 Å². The van der Waals surface area contributed by atoms with Crippen LogP contribution in [0.15, 0.2) is 66.1 Å². The van der Waals surface area contributed by atoms with Crippen molar-refractivity contribution in [1.82, 2.24) is 14.3 Å². The Bertz CT molecular complexity index is 1410. The van der Waals surface area contributed by atoms with Gasteiger partial charge in [0.2, 0.25) is 0 Å². The fourth-order valence-corrected chi connectivity index (χ4v) is 5.76. The molecule has 216 valence electrons. The Kier molecular flexibility index (Phi) is 9.19. The molecule has 1 fully saturated rings. The number of aliphatic carboxylic acids is 1. The first-order chi connectivity index (χ1) is 18.9. The van der Waals surface area contributed by atoms with E-state index in [4.69, 9.17) is 14.6 Å². The van der Waals surface area contributed by atoms with E-state index in [1.54, 1.807) is 11.6 Å². The van der Waals surface area contributed by atoms with E-state index in [1.807, 2.05) is 12.1 Å². The predicted molar refractivity (Wildman–Crippen MR) is 141 cm³/mol. The van der Waals surface area contributed by atoms with Crippen LogP contribution in [0.2, 0.25) is 0 Å². The molecule has 2 aliphatic rings. The third kappa shape index (κ3) is 8.07. The van der Waals surface area contributed by atoms with Crippen LogP contribution in [0.4, 0.5) is 13.2 Å². The second-order valence-corrected chi connectivity index (χ2v) is 12.0. The number of alkyl halides is 3. The van der Waals surface area contributed by atoms with Crippen LogP contribution in [0, 0.1) is 11.8 Å². The van der Waals surface area contributed by atoms with E-state index in [-0.39, 0.29) is 11.6 Å². The van der Waals surface area contributed by atoms with Gasteiger partial charge in [-0.15, -0.1) is 0 Å². The summed E-state index contributed by atoms with van der Waals surface area (Å²) < 4.78 is 67.4. The van der Waals surface area contributed by atoms with Gasteiger partial charge < -0.3 is 14.4 Å². The summed E-state index contributed by atoms with van der Waals surface area (Å²) in [5.74, 6) is -0.0976. The molecular weight excluding hydrogens is 547 g/mol. The monoisotopic (exact) mass is 579 g/mol. The summed E-state index contributed by atoms with van der Waals surface area (Å²) in [6, 6.07) is 16.7. The Morgan fingerprint density at radius 3 is 2.42 bits per heavy atom. The van der Waals surface area contributed by atoms with Crippen LogP contribution in [0.3, 0.4) is 0 Å². The first kappa shape index (κ1) is 29.6. The number of hydrogen-bond donors (Lipinski definition) is 2. The lowest BCUT2D eigenvalue weighted by Gasteiger charge is -2.34. The highest BCUT2D eigenvalue weighted by Gasteiger charge is 2.38. The van der Waals surface area contributed by atoms with Crippen LogP contribution in [-0.4, -0.2) is 41.8 Å². The Morgan fingerprint density at radius 1 is 1.12 bits per heavy atom. The van der Waals surface area contributed by atoms with Gasteiger partial charge in [0, 0.05) is 25.7 Å². The summed E-state index contributed by atoms with van der Waals surface area (Å²) in [6.45, 7) is 0.972. The van der Waals surface area contributed by atoms with Gasteiger partial charge in [-0.1, -0.05) is 61.7 Å². The molecule has 1 saturated carbocycles. The molecule has 2 unspecified atom stereocenters. The first-order valence-corrected chi connectivity index (χ1v) is 14.5. The average molecular weight is 580 g/mol. The van der Waals surface area contributed by atoms with Gasteiger partial charge >= 0.3 is 12.1 Å². The van der Waals surface area contributed by atoms with Gasteiger partial charge in [0.25, 0.3) is 10.0 Å². The van der Waals surface area contributed by atoms with Crippen LogP contribution in [0.5, 0.6) is 5.75 Å². The molecule has 0 bridgehead atoms. The third-order valence-electron chi connectivity index (χ3n) is 7.10. The maximum absolute atomic E-state index is 12.6. The summed E-state index contributed by atoms with van der Waals surface area (Å²) in [5.41, 5.74) is 3.45. The zero-order valence-corrected chi connectivity index (χ0v) is 22.8. The molecule has 2 N–H and O–H groups in total. The minimum Gasteiger partial charge on any atom is -0.493 e. The molecule has 2 aromatic carbocycles. The van der Waals surface area contributed by atoms with Crippen molar-refractivity contribution < 1.29 is 36.2 Å². The molecule has 3 aromatic rings. The molecule has 2 atom stereocenters. The molecule has 40 heavy (non-hydrogen) atoms. The molecule has 8 nitrogen and oxygen atoms in total. The van der Waals surface area contributed by atoms with Crippen molar-refractivity contribution in [2.24, 2.45) is 18.9 Å². The molecule has 0 radical (unpaired) electrons. The van der Waals surface area contributed by atoms with E-state index in [2.05, 4.69) is 46.1 Å². The van der Waals surface area contributed by atoms with Crippen LogP contribution >= 0.6 is 0 Å². The van der Waals surface area contributed by atoms with E-state index in [0.29, 0.717) is 11.8 Å². The summed E-state index contributed by atoms with van der Waals surface area (Å²) in [5, 5.41) is 7.16. The number of carbonyl (C=O) groups is 1. The van der Waals surface area contributed by atoms with Gasteiger partial charge in [0.1, 0.15) is 5.75 Å². The van der Waals surface area contributed by atoms with Crippen molar-refractivity contribution in [3.8, 4) is 5.75 Å². The fourth-order valence-electron chi connectivity index (χ4n) is 4.76. The lowest BCUT2D eigenvalue weighted by Crippen LogP contribution is -2.28. The quantitative estimate of drug-likeness (QED) is 0.367. The highest BCUT2D eigenvalue weighted by molar-refractivity contribution is 7.89. The largest absolute Gasteiger partial charge is 0.493 e. The Hall–Kier alpha value is -3.38. The highest BCUT2D eigenvalue weighted by Crippen LogP contribution is 2.44. The van der Waals surface area contributed by atoms with Gasteiger partial charge in [-0.25, -0.2) is 22.9 Å². The summed E-state index contributed by atoms with van der Waals surface area (Å²) in [4.78, 5) is 12.9. The summed E-state index contributed by atoms with van der Waals surface area (Å²) in [7, 11) is -1.90. The third-order valence-corrected chi connectivity index (χ3v) is 8.39. The van der Waals surface area contributed by atoms with Gasteiger partial charge in [-0.05, 0) is 47.4 Å². The smallest absolute Gasteiger partial charge is 0.490 e. The second-order valence-electron chi connectivity index (χ2n) is 10.3. The first-order valence-electron chi connectivity index (χ1n) is 13.0. The molecular formula is C28H32F3N3O5S. The lowest BCUT2D eigenvalue weighted by atomic mass is 9.77. The normalized spacial score (nSPS) is 18.7. The molecule has 1 aliphatic heterocycles. The van der Waals surface area contributed by atoms with E-state index in [0.717, 1.165) is 30.3 Å². The summed E-state index contributed by atoms with van der Waals surface area (Å²) >= 11 is 0. The number of ether oxygens (including phenoxy) is 1. The number of nitrogens with one attached hydrogen (secondary N) is 1. The van der Waals surface area contributed by atoms with E-state index in [9.17, 15) is 21.6 Å². The highest BCUT2D eigenvalue weighted by atomic mass is 32.2. The molecule has 1 aliphatic carbocycles. The van der Waals surface area contributed by atoms with Crippen molar-refractivity contribution in [3.63, 3.8) is 0 Å². The Morgan fingerprint density at radius 2 is 1.82 bits per heavy atom. The number of carboxylic acids is 1. The van der Waals surface area contributed by atoms with Crippen molar-refractivity contribution in [2.75, 3.05) is 6.61 Å². The number of sulfonamides is 1. The van der Waals surface area contributed by atoms with Crippen molar-refractivity contribution >= 4 is 16.0 Å². The van der Waals surface area contributed by atoms with Gasteiger partial charge in [-0.3, -0.25) is 0 Å². The predicted octanol–water partition coefficient (Wildman–Crippen LogP) is 5.06. The van der Waals surface area contributed by atoms with Crippen molar-refractivity contribution in [2.45, 2.75) is 55.8 Å². The number of nitrogens with zero attached hydrogens (tertiary/aromatic N) is 2. The molecule has 0 spiro atoms. The molecule has 5 rings (SSSR count). The van der Waals surface area contributed by atoms with Crippen LogP contribution < -0.4 is 9.46 Å². The number of carboxylic acid groups (broad SMARTS) is 1. The second kappa shape index (κ2) is 12.4. The minimum absolute atomic E-state index is 0.0355. The Balaban J connectivity index is 0.000000470. The van der Waals surface area contributed by atoms with E-state index < -0.39 is 22.2 Å². The number of aryl methyl sites for hydroxylation is 1. The number of rotatable bonds is 9.